The molecule has 0 N–H and O–H groups in total. The van der Waals surface area contributed by atoms with E-state index in [2.05, 4.69) is 12.1 Å². The maximum Gasteiger partial charge on any atom is 0.310 e. The summed E-state index contributed by atoms with van der Waals surface area (Å²) in [5.74, 6) is 0.188. The van der Waals surface area contributed by atoms with Gasteiger partial charge in [0.2, 0.25) is 0 Å². The Kier molecular flexibility index (Phi) is 4.90. The Morgan fingerprint density at radius 2 is 1.86 bits per heavy atom. The monoisotopic (exact) mass is 378 g/mol. The first-order valence-corrected chi connectivity index (χ1v) is 9.40. The Bertz CT molecular complexity index is 1060. The molecule has 0 bridgehead atoms. The second-order valence-corrected chi connectivity index (χ2v) is 7.15. The number of fused-ring (bicyclic) bond motifs is 2. The summed E-state index contributed by atoms with van der Waals surface area (Å²) in [4.78, 5) is 24.0. The molecular formula is C23H22O5. The molecule has 0 aliphatic heterocycles. The molecule has 0 spiro atoms. The van der Waals surface area contributed by atoms with Crippen LogP contribution in [-0.4, -0.2) is 18.9 Å². The average molecular weight is 378 g/mol. The maximum absolute atomic E-state index is 12.4. The van der Waals surface area contributed by atoms with E-state index in [9.17, 15) is 9.59 Å². The largest absolute Gasteiger partial charge is 0.496 e. The van der Waals surface area contributed by atoms with Crippen LogP contribution in [0.2, 0.25) is 0 Å². The topological polar surface area (TPSA) is 65.7 Å². The molecule has 3 aromatic rings. The minimum Gasteiger partial charge on any atom is -0.496 e. The van der Waals surface area contributed by atoms with Crippen LogP contribution in [-0.2, 0) is 35.4 Å². The lowest BCUT2D eigenvalue weighted by atomic mass is 10.0. The molecule has 28 heavy (non-hydrogen) atoms. The van der Waals surface area contributed by atoms with Crippen molar-refractivity contribution in [2.45, 2.75) is 39.2 Å². The zero-order valence-corrected chi connectivity index (χ0v) is 16.0. The van der Waals surface area contributed by atoms with Crippen molar-refractivity contribution < 1.29 is 23.5 Å². The summed E-state index contributed by atoms with van der Waals surface area (Å²) in [7, 11) is 1.55. The van der Waals surface area contributed by atoms with Crippen LogP contribution in [0.15, 0.2) is 41.0 Å². The third kappa shape index (κ3) is 3.52. The number of ketones is 1. The number of ether oxygens (including phenoxy) is 2. The van der Waals surface area contributed by atoms with Crippen molar-refractivity contribution >= 4 is 22.7 Å². The molecule has 0 unspecified atom stereocenters. The molecule has 1 heterocycles. The van der Waals surface area contributed by atoms with Gasteiger partial charge in [0.15, 0.2) is 5.78 Å². The molecule has 144 valence electrons. The minimum atomic E-state index is -0.349. The van der Waals surface area contributed by atoms with Gasteiger partial charge < -0.3 is 13.9 Å². The van der Waals surface area contributed by atoms with E-state index >= 15 is 0 Å². The standard InChI is InChI=1S/C23H22O5/c1-14(24)15-6-7-21(26-2)19(8-15)13-28-23(25)11-18-12-27-22-10-17-5-3-4-16(17)9-20(18)22/h6-10,12H,3-5,11,13H2,1-2H3. The fourth-order valence-electron chi connectivity index (χ4n) is 3.76. The van der Waals surface area contributed by atoms with Crippen LogP contribution in [0.3, 0.4) is 0 Å². The van der Waals surface area contributed by atoms with Crippen LogP contribution in [0.4, 0.5) is 0 Å². The van der Waals surface area contributed by atoms with Gasteiger partial charge in [0.1, 0.15) is 17.9 Å². The summed E-state index contributed by atoms with van der Waals surface area (Å²) in [5, 5.41) is 0.980. The number of carbonyl (C=O) groups excluding carboxylic acids is 2. The molecule has 0 saturated heterocycles. The highest BCUT2D eigenvalue weighted by molar-refractivity contribution is 5.94. The number of aryl methyl sites for hydroxylation is 2. The molecule has 0 atom stereocenters. The van der Waals surface area contributed by atoms with E-state index in [4.69, 9.17) is 13.9 Å². The summed E-state index contributed by atoms with van der Waals surface area (Å²) >= 11 is 0. The number of benzene rings is 2. The van der Waals surface area contributed by atoms with E-state index in [1.54, 1.807) is 31.6 Å². The highest BCUT2D eigenvalue weighted by Gasteiger charge is 2.17. The van der Waals surface area contributed by atoms with Gasteiger partial charge in [-0.15, -0.1) is 0 Å². The molecule has 5 heteroatoms. The number of hydrogen-bond donors (Lipinski definition) is 0. The van der Waals surface area contributed by atoms with Gasteiger partial charge in [-0.05, 0) is 67.6 Å². The van der Waals surface area contributed by atoms with Crippen LogP contribution in [0, 0.1) is 0 Å². The van der Waals surface area contributed by atoms with Gasteiger partial charge in [-0.3, -0.25) is 9.59 Å². The van der Waals surface area contributed by atoms with Gasteiger partial charge in [0.05, 0.1) is 19.8 Å². The summed E-state index contributed by atoms with van der Waals surface area (Å²) < 4.78 is 16.4. The normalized spacial score (nSPS) is 12.8. The highest BCUT2D eigenvalue weighted by Crippen LogP contribution is 2.30. The molecule has 5 nitrogen and oxygen atoms in total. The highest BCUT2D eigenvalue weighted by atomic mass is 16.5. The first-order valence-electron chi connectivity index (χ1n) is 9.40. The Hall–Kier alpha value is -3.08. The molecule has 2 aromatic carbocycles. The van der Waals surface area contributed by atoms with E-state index < -0.39 is 0 Å². The molecule has 0 amide bonds. The lowest BCUT2D eigenvalue weighted by Crippen LogP contribution is -2.09. The third-order valence-electron chi connectivity index (χ3n) is 5.28. The van der Waals surface area contributed by atoms with Crippen LogP contribution in [0.1, 0.15) is 46.0 Å². The van der Waals surface area contributed by atoms with Crippen molar-refractivity contribution in [2.24, 2.45) is 0 Å². The van der Waals surface area contributed by atoms with Crippen molar-refractivity contribution in [3.8, 4) is 5.75 Å². The van der Waals surface area contributed by atoms with E-state index in [0.717, 1.165) is 29.4 Å². The number of furan rings is 1. The Morgan fingerprint density at radius 1 is 1.07 bits per heavy atom. The maximum atomic E-state index is 12.4. The average Bonchev–Trinajstić information content (AvgIpc) is 3.30. The molecule has 0 saturated carbocycles. The van der Waals surface area contributed by atoms with Gasteiger partial charge in [-0.2, -0.15) is 0 Å². The predicted molar refractivity (Wildman–Crippen MR) is 105 cm³/mol. The molecular weight excluding hydrogens is 356 g/mol. The zero-order chi connectivity index (χ0) is 19.7. The van der Waals surface area contributed by atoms with E-state index in [-0.39, 0.29) is 24.8 Å². The van der Waals surface area contributed by atoms with Gasteiger partial charge in [0, 0.05) is 22.1 Å². The molecule has 1 aliphatic rings. The lowest BCUT2D eigenvalue weighted by molar-refractivity contribution is -0.144. The summed E-state index contributed by atoms with van der Waals surface area (Å²) in [6.07, 6.45) is 5.11. The van der Waals surface area contributed by atoms with Crippen molar-refractivity contribution in [3.63, 3.8) is 0 Å². The van der Waals surface area contributed by atoms with Crippen LogP contribution in [0.5, 0.6) is 5.75 Å². The number of rotatable bonds is 6. The Balaban J connectivity index is 1.48. The minimum absolute atomic E-state index is 0.0485. The Morgan fingerprint density at radius 3 is 2.61 bits per heavy atom. The number of methoxy groups -OCH3 is 1. The third-order valence-corrected chi connectivity index (χ3v) is 5.28. The van der Waals surface area contributed by atoms with Crippen molar-refractivity contribution in [1.29, 1.82) is 0 Å². The van der Waals surface area contributed by atoms with Crippen LogP contribution < -0.4 is 4.74 Å². The number of Topliss-reactive ketones (excluding diaryl/α,β-unsaturated/α-hetero) is 1. The molecule has 1 aliphatic carbocycles. The van der Waals surface area contributed by atoms with Gasteiger partial charge in [0.25, 0.3) is 0 Å². The van der Waals surface area contributed by atoms with Gasteiger partial charge in [-0.1, -0.05) is 0 Å². The van der Waals surface area contributed by atoms with E-state index in [1.165, 1.54) is 24.5 Å². The van der Waals surface area contributed by atoms with Crippen molar-refractivity contribution in [1.82, 2.24) is 0 Å². The Labute approximate surface area is 163 Å². The van der Waals surface area contributed by atoms with Gasteiger partial charge >= 0.3 is 5.97 Å². The molecule has 0 radical (unpaired) electrons. The quantitative estimate of drug-likeness (QED) is 0.469. The molecule has 4 rings (SSSR count). The number of hydrogen-bond acceptors (Lipinski definition) is 5. The van der Waals surface area contributed by atoms with Crippen molar-refractivity contribution in [3.05, 3.63) is 64.4 Å². The summed E-state index contributed by atoms with van der Waals surface area (Å²) in [6, 6.07) is 9.34. The molecule has 1 aromatic heterocycles. The molecule has 0 fully saturated rings. The summed E-state index contributed by atoms with van der Waals surface area (Å²) in [5.41, 5.74) is 5.56. The van der Waals surface area contributed by atoms with Crippen molar-refractivity contribution in [2.75, 3.05) is 7.11 Å². The second kappa shape index (κ2) is 7.50. The summed E-state index contributed by atoms with van der Waals surface area (Å²) in [6.45, 7) is 1.55. The lowest BCUT2D eigenvalue weighted by Gasteiger charge is -2.10. The van der Waals surface area contributed by atoms with Gasteiger partial charge in [-0.25, -0.2) is 0 Å². The fraction of sp³-hybridized carbons (Fsp3) is 0.304. The second-order valence-electron chi connectivity index (χ2n) is 7.15. The fourth-order valence-corrected chi connectivity index (χ4v) is 3.76. The van der Waals surface area contributed by atoms with E-state index in [0.29, 0.717) is 16.9 Å². The van der Waals surface area contributed by atoms with Crippen LogP contribution >= 0.6 is 0 Å². The number of esters is 1. The van der Waals surface area contributed by atoms with E-state index in [1.807, 2.05) is 0 Å². The number of carbonyl (C=O) groups is 2. The SMILES string of the molecule is COc1ccc(C(C)=O)cc1COC(=O)Cc1coc2cc3c(cc12)CCC3. The smallest absolute Gasteiger partial charge is 0.310 e. The first-order chi connectivity index (χ1) is 13.5. The van der Waals surface area contributed by atoms with Crippen LogP contribution in [0.25, 0.3) is 11.0 Å². The predicted octanol–water partition coefficient (Wildman–Crippen LogP) is 4.42. The zero-order valence-electron chi connectivity index (χ0n) is 16.0. The first kappa shape index (κ1) is 18.3.